The summed E-state index contributed by atoms with van der Waals surface area (Å²) < 4.78 is 0. The molecule has 0 aliphatic carbocycles. The second kappa shape index (κ2) is 5.00. The van der Waals surface area contributed by atoms with E-state index in [0.717, 1.165) is 5.56 Å². The molecule has 2 nitrogen and oxygen atoms in total. The van der Waals surface area contributed by atoms with Gasteiger partial charge in [0.05, 0.1) is 5.56 Å². The third-order valence-corrected chi connectivity index (χ3v) is 2.28. The van der Waals surface area contributed by atoms with Gasteiger partial charge in [0.2, 0.25) is 0 Å². The van der Waals surface area contributed by atoms with E-state index in [4.69, 9.17) is 0 Å². The number of aromatic hydroxyl groups is 1. The van der Waals surface area contributed by atoms with Crippen molar-refractivity contribution in [1.29, 1.82) is 0 Å². The van der Waals surface area contributed by atoms with Gasteiger partial charge < -0.3 is 5.11 Å². The van der Waals surface area contributed by atoms with Crippen molar-refractivity contribution in [2.24, 2.45) is 0 Å². The lowest BCUT2D eigenvalue weighted by molar-refractivity contribution is 0.112. The van der Waals surface area contributed by atoms with Gasteiger partial charge in [-0.2, -0.15) is 0 Å². The van der Waals surface area contributed by atoms with Gasteiger partial charge in [-0.15, -0.1) is 0 Å². The summed E-state index contributed by atoms with van der Waals surface area (Å²) in [6.07, 6.45) is 0.615. The van der Waals surface area contributed by atoms with E-state index in [1.807, 2.05) is 30.3 Å². The van der Waals surface area contributed by atoms with Gasteiger partial charge in [0.25, 0.3) is 0 Å². The highest BCUT2D eigenvalue weighted by Gasteiger charge is 1.99. The summed E-state index contributed by atoms with van der Waals surface area (Å²) in [5.74, 6) is 5.86. The molecule has 0 atom stereocenters. The minimum Gasteiger partial charge on any atom is -0.507 e. The van der Waals surface area contributed by atoms with E-state index in [-0.39, 0.29) is 11.3 Å². The highest BCUT2D eigenvalue weighted by atomic mass is 16.3. The molecule has 0 amide bonds. The number of aldehydes is 1. The highest BCUT2D eigenvalue weighted by Crippen LogP contribution is 2.16. The van der Waals surface area contributed by atoms with Gasteiger partial charge >= 0.3 is 0 Å². The molecule has 0 radical (unpaired) electrons. The molecule has 0 saturated carbocycles. The maximum Gasteiger partial charge on any atom is 0.153 e. The molecular formula is C15H10O2. The molecule has 0 spiro atoms. The number of carbonyl (C=O) groups excluding carboxylic acids is 1. The average molecular weight is 222 g/mol. The standard InChI is InChI=1S/C15H10O2/c16-11-14-9-8-13(10-15(14)17)7-6-12-4-2-1-3-5-12/h1-5,8-11,17H. The van der Waals surface area contributed by atoms with E-state index in [2.05, 4.69) is 11.8 Å². The zero-order valence-electron chi connectivity index (χ0n) is 9.05. The Morgan fingerprint density at radius 3 is 2.29 bits per heavy atom. The Labute approximate surface area is 99.5 Å². The molecule has 2 aromatic rings. The summed E-state index contributed by atoms with van der Waals surface area (Å²) in [5, 5.41) is 9.49. The third-order valence-electron chi connectivity index (χ3n) is 2.28. The summed E-state index contributed by atoms with van der Waals surface area (Å²) in [5.41, 5.74) is 1.86. The van der Waals surface area contributed by atoms with Crippen molar-refractivity contribution in [1.82, 2.24) is 0 Å². The predicted molar refractivity (Wildman–Crippen MR) is 65.9 cm³/mol. The van der Waals surface area contributed by atoms with Crippen LogP contribution in [0.4, 0.5) is 0 Å². The van der Waals surface area contributed by atoms with Crippen molar-refractivity contribution in [3.05, 3.63) is 65.2 Å². The van der Waals surface area contributed by atoms with Crippen molar-refractivity contribution in [2.45, 2.75) is 0 Å². The van der Waals surface area contributed by atoms with Gasteiger partial charge in [0.15, 0.2) is 6.29 Å². The van der Waals surface area contributed by atoms with E-state index < -0.39 is 0 Å². The van der Waals surface area contributed by atoms with Crippen LogP contribution in [0.15, 0.2) is 48.5 Å². The number of hydrogen-bond donors (Lipinski definition) is 1. The zero-order chi connectivity index (χ0) is 12.1. The lowest BCUT2D eigenvalue weighted by Gasteiger charge is -1.96. The van der Waals surface area contributed by atoms with Crippen molar-refractivity contribution in [2.75, 3.05) is 0 Å². The van der Waals surface area contributed by atoms with Crippen LogP contribution in [0.5, 0.6) is 5.75 Å². The first-order valence-electron chi connectivity index (χ1n) is 5.15. The normalized spacial score (nSPS) is 9.18. The Bertz CT molecular complexity index is 589. The van der Waals surface area contributed by atoms with Crippen LogP contribution < -0.4 is 0 Å². The molecule has 0 aliphatic rings. The molecule has 2 aromatic carbocycles. The number of rotatable bonds is 1. The molecular weight excluding hydrogens is 212 g/mol. The molecule has 2 rings (SSSR count). The van der Waals surface area contributed by atoms with Gasteiger partial charge in [-0.05, 0) is 30.3 Å². The van der Waals surface area contributed by atoms with Crippen LogP contribution in [0.25, 0.3) is 0 Å². The lowest BCUT2D eigenvalue weighted by Crippen LogP contribution is -1.82. The summed E-state index contributed by atoms with van der Waals surface area (Å²) in [6.45, 7) is 0. The Morgan fingerprint density at radius 1 is 0.941 bits per heavy atom. The first-order valence-corrected chi connectivity index (χ1v) is 5.15. The predicted octanol–water partition coefficient (Wildman–Crippen LogP) is 2.60. The first kappa shape index (κ1) is 11.0. The second-order valence-electron chi connectivity index (χ2n) is 3.51. The molecule has 0 aliphatic heterocycles. The third kappa shape index (κ3) is 2.73. The summed E-state index contributed by atoms with van der Waals surface area (Å²) in [6, 6.07) is 14.3. The summed E-state index contributed by atoms with van der Waals surface area (Å²) >= 11 is 0. The van der Waals surface area contributed by atoms with E-state index >= 15 is 0 Å². The minimum atomic E-state index is -0.0418. The fourth-order valence-electron chi connectivity index (χ4n) is 1.39. The molecule has 0 fully saturated rings. The fraction of sp³-hybridized carbons (Fsp3) is 0. The molecule has 0 heterocycles. The summed E-state index contributed by atoms with van der Waals surface area (Å²) in [4.78, 5) is 10.5. The maximum atomic E-state index is 10.5. The quantitative estimate of drug-likeness (QED) is 0.595. The van der Waals surface area contributed by atoms with Crippen molar-refractivity contribution < 1.29 is 9.90 Å². The minimum absolute atomic E-state index is 0.0418. The molecule has 0 saturated heterocycles. The Hall–Kier alpha value is -2.53. The van der Waals surface area contributed by atoms with E-state index in [9.17, 15) is 9.90 Å². The van der Waals surface area contributed by atoms with E-state index in [0.29, 0.717) is 11.8 Å². The number of carbonyl (C=O) groups is 1. The van der Waals surface area contributed by atoms with Crippen LogP contribution in [0, 0.1) is 11.8 Å². The fourth-order valence-corrected chi connectivity index (χ4v) is 1.39. The van der Waals surface area contributed by atoms with Gasteiger partial charge in [-0.25, -0.2) is 0 Å². The monoisotopic (exact) mass is 222 g/mol. The zero-order valence-corrected chi connectivity index (χ0v) is 9.05. The topological polar surface area (TPSA) is 37.3 Å². The Balaban J connectivity index is 2.29. The van der Waals surface area contributed by atoms with Crippen LogP contribution in [0.3, 0.4) is 0 Å². The van der Waals surface area contributed by atoms with Gasteiger partial charge in [0.1, 0.15) is 5.75 Å². The largest absolute Gasteiger partial charge is 0.507 e. The first-order chi connectivity index (χ1) is 8.29. The van der Waals surface area contributed by atoms with Crippen molar-refractivity contribution in [3.8, 4) is 17.6 Å². The Morgan fingerprint density at radius 2 is 1.65 bits per heavy atom. The van der Waals surface area contributed by atoms with Crippen LogP contribution in [0.2, 0.25) is 0 Å². The van der Waals surface area contributed by atoms with Crippen molar-refractivity contribution >= 4 is 6.29 Å². The smallest absolute Gasteiger partial charge is 0.153 e. The van der Waals surface area contributed by atoms with Crippen LogP contribution in [0.1, 0.15) is 21.5 Å². The molecule has 17 heavy (non-hydrogen) atoms. The van der Waals surface area contributed by atoms with Gasteiger partial charge in [-0.1, -0.05) is 30.0 Å². The average Bonchev–Trinajstić information content (AvgIpc) is 2.38. The Kier molecular flexibility index (Phi) is 3.23. The maximum absolute atomic E-state index is 10.5. The molecule has 0 unspecified atom stereocenters. The van der Waals surface area contributed by atoms with E-state index in [1.54, 1.807) is 12.1 Å². The van der Waals surface area contributed by atoms with Crippen molar-refractivity contribution in [3.63, 3.8) is 0 Å². The summed E-state index contributed by atoms with van der Waals surface area (Å²) in [7, 11) is 0. The molecule has 0 bridgehead atoms. The molecule has 0 aromatic heterocycles. The second-order valence-corrected chi connectivity index (χ2v) is 3.51. The lowest BCUT2D eigenvalue weighted by atomic mass is 10.1. The van der Waals surface area contributed by atoms with Gasteiger partial charge in [-0.3, -0.25) is 4.79 Å². The highest BCUT2D eigenvalue weighted by molar-refractivity contribution is 5.79. The van der Waals surface area contributed by atoms with Crippen LogP contribution in [-0.2, 0) is 0 Å². The molecule has 82 valence electrons. The number of phenols is 1. The van der Waals surface area contributed by atoms with E-state index in [1.165, 1.54) is 6.07 Å². The SMILES string of the molecule is O=Cc1ccc(C#Cc2ccccc2)cc1O. The number of benzene rings is 2. The molecule has 2 heteroatoms. The van der Waals surface area contributed by atoms with Crippen LogP contribution in [-0.4, -0.2) is 11.4 Å². The van der Waals surface area contributed by atoms with Crippen LogP contribution >= 0.6 is 0 Å². The number of phenolic OH excluding ortho intramolecular Hbond substituents is 1. The molecule has 1 N–H and O–H groups in total. The van der Waals surface area contributed by atoms with Gasteiger partial charge in [0, 0.05) is 11.1 Å². The number of hydrogen-bond acceptors (Lipinski definition) is 2.